The highest BCUT2D eigenvalue weighted by atomic mass is 19.4. The van der Waals surface area contributed by atoms with Crippen molar-refractivity contribution in [3.05, 3.63) is 0 Å². The van der Waals surface area contributed by atoms with Gasteiger partial charge in [-0.1, -0.05) is 20.8 Å². The Morgan fingerprint density at radius 2 is 2.00 bits per heavy atom. The standard InChI is InChI=1S/C12H22F3NO/c1-5-6-16-9-7-10(11(9,3)4)17-8(2)12(13,14)15/h8-10,16H,5-7H2,1-4H3. The van der Waals surface area contributed by atoms with Gasteiger partial charge in [0.1, 0.15) is 0 Å². The lowest BCUT2D eigenvalue weighted by Gasteiger charge is -2.52. The lowest BCUT2D eigenvalue weighted by molar-refractivity contribution is -0.255. The molecule has 1 fully saturated rings. The first-order valence-electron chi connectivity index (χ1n) is 6.15. The highest BCUT2D eigenvalue weighted by Crippen LogP contribution is 2.44. The Morgan fingerprint density at radius 1 is 1.41 bits per heavy atom. The molecule has 1 saturated carbocycles. The van der Waals surface area contributed by atoms with E-state index in [9.17, 15) is 13.2 Å². The van der Waals surface area contributed by atoms with Gasteiger partial charge in [0.05, 0.1) is 6.10 Å². The summed E-state index contributed by atoms with van der Waals surface area (Å²) in [5, 5.41) is 3.34. The van der Waals surface area contributed by atoms with E-state index in [1.54, 1.807) is 0 Å². The zero-order valence-corrected chi connectivity index (χ0v) is 10.9. The van der Waals surface area contributed by atoms with Crippen molar-refractivity contribution in [2.45, 2.75) is 65.0 Å². The van der Waals surface area contributed by atoms with Crippen LogP contribution in [0.15, 0.2) is 0 Å². The second kappa shape index (κ2) is 5.14. The van der Waals surface area contributed by atoms with Crippen LogP contribution in [0.4, 0.5) is 13.2 Å². The average Bonchev–Trinajstić information content (AvgIpc) is 2.20. The summed E-state index contributed by atoms with van der Waals surface area (Å²) in [6.07, 6.45) is -4.57. The monoisotopic (exact) mass is 253 g/mol. The van der Waals surface area contributed by atoms with Crippen LogP contribution in [0.25, 0.3) is 0 Å². The van der Waals surface area contributed by atoms with Crippen LogP contribution in [-0.2, 0) is 4.74 Å². The molecule has 102 valence electrons. The third-order valence-electron chi connectivity index (χ3n) is 3.65. The number of hydrogen-bond donors (Lipinski definition) is 1. The molecule has 0 heterocycles. The van der Waals surface area contributed by atoms with E-state index in [-0.39, 0.29) is 17.6 Å². The summed E-state index contributed by atoms with van der Waals surface area (Å²) in [6.45, 7) is 7.95. The molecule has 17 heavy (non-hydrogen) atoms. The fourth-order valence-corrected chi connectivity index (χ4v) is 2.10. The maximum atomic E-state index is 12.4. The Labute approximate surface area is 101 Å². The molecule has 5 heteroatoms. The van der Waals surface area contributed by atoms with Crippen molar-refractivity contribution in [3.8, 4) is 0 Å². The Balaban J connectivity index is 2.44. The van der Waals surface area contributed by atoms with Gasteiger partial charge in [0, 0.05) is 11.5 Å². The van der Waals surface area contributed by atoms with Gasteiger partial charge < -0.3 is 10.1 Å². The van der Waals surface area contributed by atoms with E-state index < -0.39 is 12.3 Å². The molecule has 0 aromatic heterocycles. The molecule has 0 aliphatic heterocycles. The first-order valence-corrected chi connectivity index (χ1v) is 6.15. The van der Waals surface area contributed by atoms with Crippen molar-refractivity contribution in [1.29, 1.82) is 0 Å². The van der Waals surface area contributed by atoms with Crippen LogP contribution in [0.5, 0.6) is 0 Å². The SMILES string of the molecule is CCCNC1CC(OC(C)C(F)(F)F)C1(C)C. The third kappa shape index (κ3) is 3.35. The smallest absolute Gasteiger partial charge is 0.365 e. The maximum Gasteiger partial charge on any atom is 0.414 e. The largest absolute Gasteiger partial charge is 0.414 e. The van der Waals surface area contributed by atoms with E-state index in [0.29, 0.717) is 6.42 Å². The lowest BCUT2D eigenvalue weighted by Crippen LogP contribution is -2.62. The molecule has 1 rings (SSSR count). The van der Waals surface area contributed by atoms with Gasteiger partial charge >= 0.3 is 6.18 Å². The zero-order valence-electron chi connectivity index (χ0n) is 10.9. The van der Waals surface area contributed by atoms with Crippen molar-refractivity contribution in [2.75, 3.05) is 6.54 Å². The fraction of sp³-hybridized carbons (Fsp3) is 1.00. The summed E-state index contributed by atoms with van der Waals surface area (Å²) < 4.78 is 42.3. The fourth-order valence-electron chi connectivity index (χ4n) is 2.10. The second-order valence-electron chi connectivity index (χ2n) is 5.37. The van der Waals surface area contributed by atoms with E-state index in [0.717, 1.165) is 19.9 Å². The Bertz CT molecular complexity index is 253. The summed E-state index contributed by atoms with van der Waals surface area (Å²) in [7, 11) is 0. The van der Waals surface area contributed by atoms with Gasteiger partial charge in [-0.3, -0.25) is 0 Å². The number of halogens is 3. The number of ether oxygens (including phenoxy) is 1. The summed E-state index contributed by atoms with van der Waals surface area (Å²) >= 11 is 0. The normalized spacial score (nSPS) is 29.8. The Morgan fingerprint density at radius 3 is 2.41 bits per heavy atom. The molecule has 0 aromatic rings. The minimum absolute atomic E-state index is 0.228. The van der Waals surface area contributed by atoms with Crippen molar-refractivity contribution < 1.29 is 17.9 Å². The van der Waals surface area contributed by atoms with Crippen LogP contribution in [0.3, 0.4) is 0 Å². The highest BCUT2D eigenvalue weighted by Gasteiger charge is 2.51. The molecule has 0 bridgehead atoms. The Kier molecular flexibility index (Phi) is 4.47. The minimum Gasteiger partial charge on any atom is -0.365 e. The molecule has 0 spiro atoms. The molecule has 1 N–H and O–H groups in total. The molecule has 0 radical (unpaired) electrons. The van der Waals surface area contributed by atoms with Gasteiger partial charge in [-0.2, -0.15) is 13.2 Å². The third-order valence-corrected chi connectivity index (χ3v) is 3.65. The highest BCUT2D eigenvalue weighted by molar-refractivity contribution is 5.03. The van der Waals surface area contributed by atoms with Gasteiger partial charge in [0.15, 0.2) is 6.10 Å². The van der Waals surface area contributed by atoms with Gasteiger partial charge in [0.2, 0.25) is 0 Å². The van der Waals surface area contributed by atoms with Crippen LogP contribution in [0, 0.1) is 5.41 Å². The first kappa shape index (κ1) is 14.8. The van der Waals surface area contributed by atoms with E-state index in [4.69, 9.17) is 4.74 Å². The van der Waals surface area contributed by atoms with Crippen molar-refractivity contribution in [3.63, 3.8) is 0 Å². The summed E-state index contributed by atoms with van der Waals surface area (Å²) in [4.78, 5) is 0. The number of nitrogens with one attached hydrogen (secondary N) is 1. The van der Waals surface area contributed by atoms with Crippen LogP contribution < -0.4 is 5.32 Å². The lowest BCUT2D eigenvalue weighted by atomic mass is 9.64. The van der Waals surface area contributed by atoms with Crippen molar-refractivity contribution in [2.24, 2.45) is 5.41 Å². The molecule has 1 aliphatic rings. The molecule has 2 nitrogen and oxygen atoms in total. The van der Waals surface area contributed by atoms with E-state index in [1.165, 1.54) is 0 Å². The molecular weight excluding hydrogens is 231 g/mol. The molecule has 0 aromatic carbocycles. The quantitative estimate of drug-likeness (QED) is 0.812. The summed E-state index contributed by atoms with van der Waals surface area (Å²) in [5.41, 5.74) is -0.228. The average molecular weight is 253 g/mol. The van der Waals surface area contributed by atoms with Crippen LogP contribution in [0.1, 0.15) is 40.5 Å². The number of hydrogen-bond acceptors (Lipinski definition) is 2. The predicted molar refractivity (Wildman–Crippen MR) is 60.9 cm³/mol. The van der Waals surface area contributed by atoms with Gasteiger partial charge in [-0.25, -0.2) is 0 Å². The van der Waals surface area contributed by atoms with Crippen LogP contribution in [0.2, 0.25) is 0 Å². The Hall–Kier alpha value is -0.290. The summed E-state index contributed by atoms with van der Waals surface area (Å²) in [5.74, 6) is 0. The van der Waals surface area contributed by atoms with Gasteiger partial charge in [-0.05, 0) is 26.3 Å². The first-order chi connectivity index (χ1) is 7.69. The van der Waals surface area contributed by atoms with Crippen LogP contribution >= 0.6 is 0 Å². The van der Waals surface area contributed by atoms with Gasteiger partial charge in [0.25, 0.3) is 0 Å². The molecule has 3 atom stereocenters. The van der Waals surface area contributed by atoms with Crippen molar-refractivity contribution >= 4 is 0 Å². The topological polar surface area (TPSA) is 21.3 Å². The van der Waals surface area contributed by atoms with E-state index >= 15 is 0 Å². The second-order valence-corrected chi connectivity index (χ2v) is 5.37. The van der Waals surface area contributed by atoms with Crippen molar-refractivity contribution in [1.82, 2.24) is 5.32 Å². The number of alkyl halides is 3. The number of rotatable bonds is 5. The molecule has 3 unspecified atom stereocenters. The van der Waals surface area contributed by atoms with Crippen LogP contribution in [-0.4, -0.2) is 31.0 Å². The molecule has 0 saturated heterocycles. The predicted octanol–water partition coefficient (Wildman–Crippen LogP) is 3.12. The van der Waals surface area contributed by atoms with E-state index in [1.807, 2.05) is 13.8 Å². The van der Waals surface area contributed by atoms with Gasteiger partial charge in [-0.15, -0.1) is 0 Å². The molecular formula is C12H22F3NO. The zero-order chi connectivity index (χ0) is 13.3. The molecule has 0 amide bonds. The van der Waals surface area contributed by atoms with E-state index in [2.05, 4.69) is 12.2 Å². The molecule has 1 aliphatic carbocycles. The minimum atomic E-state index is -4.27. The maximum absolute atomic E-state index is 12.4. The summed E-state index contributed by atoms with van der Waals surface area (Å²) in [6, 6.07) is 0.257.